The molecule has 1 aromatic rings. The molecular formula is C5H6N2. The molecule has 0 atom stereocenters. The fourth-order valence-corrected chi connectivity index (χ4v) is 0.363. The molecule has 0 spiro atoms. The number of anilines is 1. The standard InChI is InChI=1S/C5H6N2/c6-5-1-3-7-4-2-5/h1-4H,(H2,6,7)/i3+2. The Morgan fingerprint density at radius 1 is 1.71 bits per heavy atom. The van der Waals surface area contributed by atoms with Crippen molar-refractivity contribution < 1.29 is 0 Å². The van der Waals surface area contributed by atoms with Gasteiger partial charge in [0.25, 0.3) is 0 Å². The third-order valence-corrected chi connectivity index (χ3v) is 0.706. The van der Waals surface area contributed by atoms with E-state index in [4.69, 9.17) is 5.73 Å². The Balaban J connectivity index is 3.02. The fraction of sp³-hybridized carbons (Fsp3) is 0. The van der Waals surface area contributed by atoms with Crippen molar-refractivity contribution in [1.82, 2.24) is 4.98 Å². The minimum absolute atomic E-state index is 0.759. The Labute approximate surface area is 42.0 Å². The van der Waals surface area contributed by atoms with Crippen LogP contribution in [0.4, 0.5) is 5.69 Å². The molecule has 1 rings (SSSR count). The molecule has 0 aromatic carbocycles. The van der Waals surface area contributed by atoms with E-state index in [-0.39, 0.29) is 0 Å². The smallest absolute Gasteiger partial charge is 0.0344 e. The third-order valence-electron chi connectivity index (χ3n) is 0.706. The predicted octanol–water partition coefficient (Wildman–Crippen LogP) is 0.664. The van der Waals surface area contributed by atoms with Crippen molar-refractivity contribution in [3.63, 3.8) is 0 Å². The Morgan fingerprint density at radius 3 is 2.86 bits per heavy atom. The largest absolute Gasteiger partial charge is 0.399 e. The summed E-state index contributed by atoms with van der Waals surface area (Å²) in [4.78, 5) is 3.77. The summed E-state index contributed by atoms with van der Waals surface area (Å²) in [6.45, 7) is 0. The van der Waals surface area contributed by atoms with Crippen molar-refractivity contribution in [2.24, 2.45) is 0 Å². The summed E-state index contributed by atoms with van der Waals surface area (Å²) in [5.41, 5.74) is 6.08. The lowest BCUT2D eigenvalue weighted by Gasteiger charge is -1.83. The lowest BCUT2D eigenvalue weighted by atomic mass is 10.5. The number of hydrogen-bond donors (Lipinski definition) is 1. The van der Waals surface area contributed by atoms with Crippen LogP contribution in [0.3, 0.4) is 0 Å². The highest BCUT2D eigenvalue weighted by atomic mass is 15.1. The molecule has 0 aliphatic heterocycles. The Morgan fingerprint density at radius 2 is 2.57 bits per heavy atom. The lowest BCUT2D eigenvalue weighted by molar-refractivity contribution is 1.33. The van der Waals surface area contributed by atoms with Gasteiger partial charge in [0.15, 0.2) is 0 Å². The second-order valence-electron chi connectivity index (χ2n) is 1.28. The van der Waals surface area contributed by atoms with Crippen LogP contribution in [0, 0.1) is 0 Å². The predicted molar refractivity (Wildman–Crippen MR) is 28.6 cm³/mol. The molecule has 2 nitrogen and oxygen atoms in total. The molecule has 0 saturated carbocycles. The molecule has 7 heavy (non-hydrogen) atoms. The summed E-state index contributed by atoms with van der Waals surface area (Å²) in [5, 5.41) is 0. The number of rotatable bonds is 0. The number of nitrogens with zero attached hydrogens (tertiary/aromatic N) is 1. The Kier molecular flexibility index (Phi) is 0.941. The first-order chi connectivity index (χ1) is 3.39. The molecule has 2 N–H and O–H groups in total. The maximum absolute atomic E-state index is 5.32. The second-order valence-corrected chi connectivity index (χ2v) is 1.28. The first kappa shape index (κ1) is 4.12. The molecule has 36 valence electrons. The number of aromatic nitrogens is 1. The van der Waals surface area contributed by atoms with Crippen LogP contribution in [-0.4, -0.2) is 4.98 Å². The normalized spacial score (nSPS) is 8.57. The topological polar surface area (TPSA) is 38.9 Å². The zero-order chi connectivity index (χ0) is 5.11. The average molecular weight is 96.1 g/mol. The van der Waals surface area contributed by atoms with Crippen molar-refractivity contribution in [3.05, 3.63) is 24.5 Å². The summed E-state index contributed by atoms with van der Waals surface area (Å²) in [6.07, 6.45) is 3.32. The minimum Gasteiger partial charge on any atom is -0.399 e. The van der Waals surface area contributed by atoms with Gasteiger partial charge in [-0.2, -0.15) is 0 Å². The molecule has 0 aliphatic rings. The van der Waals surface area contributed by atoms with E-state index >= 15 is 0 Å². The van der Waals surface area contributed by atoms with Crippen molar-refractivity contribution in [3.8, 4) is 0 Å². The lowest BCUT2D eigenvalue weighted by Crippen LogP contribution is -1.81. The van der Waals surface area contributed by atoms with E-state index in [0.717, 1.165) is 5.69 Å². The average Bonchev–Trinajstić information content (AvgIpc) is 1.69. The summed E-state index contributed by atoms with van der Waals surface area (Å²) >= 11 is 0. The summed E-state index contributed by atoms with van der Waals surface area (Å²) in [6, 6.07) is 3.50. The molecule has 0 amide bonds. The summed E-state index contributed by atoms with van der Waals surface area (Å²) < 4.78 is 0. The van der Waals surface area contributed by atoms with Crippen LogP contribution in [-0.2, 0) is 0 Å². The zero-order valence-electron chi connectivity index (χ0n) is 3.83. The third kappa shape index (κ3) is 0.892. The fourth-order valence-electron chi connectivity index (χ4n) is 0.363. The van der Waals surface area contributed by atoms with E-state index < -0.39 is 0 Å². The number of hydrogen-bond acceptors (Lipinski definition) is 2. The number of nitrogen functional groups attached to an aromatic ring is 1. The van der Waals surface area contributed by atoms with Crippen LogP contribution in [0.5, 0.6) is 0 Å². The van der Waals surface area contributed by atoms with Crippen molar-refractivity contribution >= 4 is 5.69 Å². The maximum atomic E-state index is 5.32. The monoisotopic (exact) mass is 96.1 g/mol. The molecule has 0 unspecified atom stereocenters. The molecular weight excluding hydrogens is 90.1 g/mol. The van der Waals surface area contributed by atoms with Gasteiger partial charge < -0.3 is 5.73 Å². The van der Waals surface area contributed by atoms with E-state index in [0.29, 0.717) is 0 Å². The van der Waals surface area contributed by atoms with Gasteiger partial charge in [0.2, 0.25) is 0 Å². The van der Waals surface area contributed by atoms with Gasteiger partial charge in [-0.3, -0.25) is 4.98 Å². The maximum Gasteiger partial charge on any atom is 0.0344 e. The second kappa shape index (κ2) is 1.60. The molecule has 1 aromatic heterocycles. The van der Waals surface area contributed by atoms with Gasteiger partial charge >= 0.3 is 0 Å². The van der Waals surface area contributed by atoms with Gasteiger partial charge in [-0.1, -0.05) is 0 Å². The molecule has 0 fully saturated rings. The summed E-state index contributed by atoms with van der Waals surface area (Å²) in [5.74, 6) is 0. The number of nitrogens with two attached hydrogens (primary N) is 1. The van der Waals surface area contributed by atoms with E-state index in [2.05, 4.69) is 4.98 Å². The van der Waals surface area contributed by atoms with E-state index in [1.165, 1.54) is 0 Å². The van der Waals surface area contributed by atoms with Crippen LogP contribution in [0.2, 0.25) is 0 Å². The molecule has 1 heterocycles. The van der Waals surface area contributed by atoms with Gasteiger partial charge in [-0.15, -0.1) is 0 Å². The molecule has 2 heteroatoms. The quantitative estimate of drug-likeness (QED) is 0.515. The van der Waals surface area contributed by atoms with Gasteiger partial charge in [-0.05, 0) is 12.1 Å². The molecule has 0 aliphatic carbocycles. The molecule has 0 radical (unpaired) electrons. The van der Waals surface area contributed by atoms with Crippen molar-refractivity contribution in [2.45, 2.75) is 0 Å². The van der Waals surface area contributed by atoms with E-state index in [1.54, 1.807) is 24.5 Å². The highest BCUT2D eigenvalue weighted by Crippen LogP contribution is 1.92. The minimum atomic E-state index is 0.759. The Hall–Kier alpha value is -1.05. The highest BCUT2D eigenvalue weighted by molar-refractivity contribution is 5.33. The van der Waals surface area contributed by atoms with Crippen LogP contribution in [0.15, 0.2) is 24.5 Å². The van der Waals surface area contributed by atoms with Crippen molar-refractivity contribution in [2.75, 3.05) is 5.73 Å². The Bertz CT molecular complexity index is 136. The SMILES string of the molecule is Nc1ccn[14cH]c1. The molecule has 0 bridgehead atoms. The summed E-state index contributed by atoms with van der Waals surface area (Å²) in [7, 11) is 0. The van der Waals surface area contributed by atoms with Crippen LogP contribution in [0.25, 0.3) is 0 Å². The van der Waals surface area contributed by atoms with Gasteiger partial charge in [0.1, 0.15) is 0 Å². The van der Waals surface area contributed by atoms with Gasteiger partial charge in [0, 0.05) is 18.1 Å². The van der Waals surface area contributed by atoms with Crippen molar-refractivity contribution in [1.29, 1.82) is 0 Å². The highest BCUT2D eigenvalue weighted by Gasteiger charge is 1.73. The zero-order valence-corrected chi connectivity index (χ0v) is 3.83. The number of pyridine rings is 1. The van der Waals surface area contributed by atoms with Crippen LogP contribution >= 0.6 is 0 Å². The van der Waals surface area contributed by atoms with E-state index in [1.807, 2.05) is 0 Å². The van der Waals surface area contributed by atoms with E-state index in [9.17, 15) is 0 Å². The molecule has 0 saturated heterocycles. The van der Waals surface area contributed by atoms with Crippen LogP contribution in [0.1, 0.15) is 0 Å². The first-order valence-electron chi connectivity index (χ1n) is 2.05. The van der Waals surface area contributed by atoms with Gasteiger partial charge in [0.05, 0.1) is 0 Å². The first-order valence-corrected chi connectivity index (χ1v) is 2.05. The van der Waals surface area contributed by atoms with Gasteiger partial charge in [-0.25, -0.2) is 0 Å². The van der Waals surface area contributed by atoms with Crippen LogP contribution < -0.4 is 5.73 Å².